The predicted octanol–water partition coefficient (Wildman–Crippen LogP) is 2.97. The molecule has 0 bridgehead atoms. The van der Waals surface area contributed by atoms with Gasteiger partial charge in [0.1, 0.15) is 0 Å². The summed E-state index contributed by atoms with van der Waals surface area (Å²) in [6.07, 6.45) is 8.92. The van der Waals surface area contributed by atoms with Gasteiger partial charge in [-0.3, -0.25) is 9.78 Å². The van der Waals surface area contributed by atoms with Crippen LogP contribution in [0.4, 0.5) is 5.69 Å². The summed E-state index contributed by atoms with van der Waals surface area (Å²) < 4.78 is 0. The van der Waals surface area contributed by atoms with Crippen molar-refractivity contribution in [3.63, 3.8) is 0 Å². The maximum atomic E-state index is 12.4. The van der Waals surface area contributed by atoms with E-state index in [1.807, 2.05) is 6.07 Å². The molecule has 1 aliphatic carbocycles. The van der Waals surface area contributed by atoms with Crippen molar-refractivity contribution in [1.29, 1.82) is 0 Å². The summed E-state index contributed by atoms with van der Waals surface area (Å²) in [7, 11) is 0. The number of rotatable bonds is 5. The Labute approximate surface area is 115 Å². The van der Waals surface area contributed by atoms with E-state index in [4.69, 9.17) is 0 Å². The lowest BCUT2D eigenvalue weighted by molar-refractivity contribution is 0.0908. The molecule has 2 rings (SSSR count). The quantitative estimate of drug-likeness (QED) is 0.856. The van der Waals surface area contributed by atoms with Gasteiger partial charge >= 0.3 is 0 Å². The van der Waals surface area contributed by atoms with Crippen molar-refractivity contribution >= 4 is 11.6 Å². The van der Waals surface area contributed by atoms with E-state index in [0.717, 1.165) is 31.5 Å². The maximum Gasteiger partial charge on any atom is 0.255 e. The second kappa shape index (κ2) is 6.04. The Morgan fingerprint density at radius 1 is 1.42 bits per heavy atom. The molecular formula is C15H23N3O. The van der Waals surface area contributed by atoms with Gasteiger partial charge in [-0.1, -0.05) is 19.8 Å². The third kappa shape index (κ3) is 3.46. The van der Waals surface area contributed by atoms with Gasteiger partial charge in [0.2, 0.25) is 0 Å². The van der Waals surface area contributed by atoms with Crippen LogP contribution in [0, 0.1) is 0 Å². The normalized spacial score (nSPS) is 17.2. The SMILES string of the molecule is CCCNc1ccncc1C(=O)NC1(C)CCCC1. The summed E-state index contributed by atoms with van der Waals surface area (Å²) in [5, 5.41) is 6.45. The average Bonchev–Trinajstić information content (AvgIpc) is 2.83. The second-order valence-electron chi connectivity index (χ2n) is 5.57. The van der Waals surface area contributed by atoms with Crippen molar-refractivity contribution in [2.45, 2.75) is 51.5 Å². The molecule has 0 atom stereocenters. The van der Waals surface area contributed by atoms with E-state index in [-0.39, 0.29) is 11.4 Å². The van der Waals surface area contributed by atoms with Crippen LogP contribution >= 0.6 is 0 Å². The highest BCUT2D eigenvalue weighted by Crippen LogP contribution is 2.29. The molecule has 0 saturated heterocycles. The summed E-state index contributed by atoms with van der Waals surface area (Å²) in [4.78, 5) is 16.5. The molecule has 19 heavy (non-hydrogen) atoms. The van der Waals surface area contributed by atoms with Gasteiger partial charge in [-0.2, -0.15) is 0 Å². The highest BCUT2D eigenvalue weighted by molar-refractivity contribution is 5.99. The summed E-state index contributed by atoms with van der Waals surface area (Å²) in [6, 6.07) is 1.86. The first-order chi connectivity index (χ1) is 9.14. The molecule has 0 unspecified atom stereocenters. The largest absolute Gasteiger partial charge is 0.384 e. The first-order valence-electron chi connectivity index (χ1n) is 7.15. The number of carbonyl (C=O) groups excluding carboxylic acids is 1. The number of hydrogen-bond acceptors (Lipinski definition) is 3. The van der Waals surface area contributed by atoms with Crippen LogP contribution in [0.25, 0.3) is 0 Å². The number of hydrogen-bond donors (Lipinski definition) is 2. The average molecular weight is 261 g/mol. The smallest absolute Gasteiger partial charge is 0.255 e. The molecule has 0 aliphatic heterocycles. The first-order valence-corrected chi connectivity index (χ1v) is 7.15. The van der Waals surface area contributed by atoms with Crippen LogP contribution in [0.5, 0.6) is 0 Å². The van der Waals surface area contributed by atoms with Crippen LogP contribution in [-0.4, -0.2) is 23.0 Å². The Hall–Kier alpha value is -1.58. The maximum absolute atomic E-state index is 12.4. The summed E-state index contributed by atoms with van der Waals surface area (Å²) in [5.41, 5.74) is 1.47. The minimum atomic E-state index is -0.0467. The van der Waals surface area contributed by atoms with Crippen molar-refractivity contribution in [2.75, 3.05) is 11.9 Å². The molecule has 1 saturated carbocycles. The Kier molecular flexibility index (Phi) is 4.40. The van der Waals surface area contributed by atoms with Crippen molar-refractivity contribution in [3.05, 3.63) is 24.0 Å². The molecule has 0 radical (unpaired) electrons. The van der Waals surface area contributed by atoms with Crippen LogP contribution < -0.4 is 10.6 Å². The van der Waals surface area contributed by atoms with Gasteiger partial charge in [0, 0.05) is 24.5 Å². The zero-order chi connectivity index (χ0) is 13.7. The number of aromatic nitrogens is 1. The van der Waals surface area contributed by atoms with Crippen LogP contribution in [0.15, 0.2) is 18.5 Å². The second-order valence-corrected chi connectivity index (χ2v) is 5.57. The van der Waals surface area contributed by atoms with Crippen LogP contribution in [0.2, 0.25) is 0 Å². The Morgan fingerprint density at radius 3 is 2.84 bits per heavy atom. The lowest BCUT2D eigenvalue weighted by Gasteiger charge is -2.25. The van der Waals surface area contributed by atoms with Gasteiger partial charge < -0.3 is 10.6 Å². The van der Waals surface area contributed by atoms with Crippen LogP contribution in [0.3, 0.4) is 0 Å². The van der Waals surface area contributed by atoms with Gasteiger partial charge in [0.15, 0.2) is 0 Å². The number of carbonyl (C=O) groups is 1. The van der Waals surface area contributed by atoms with Crippen molar-refractivity contribution < 1.29 is 4.79 Å². The highest BCUT2D eigenvalue weighted by atomic mass is 16.1. The molecule has 1 aliphatic rings. The van der Waals surface area contributed by atoms with Crippen molar-refractivity contribution in [1.82, 2.24) is 10.3 Å². The fraction of sp³-hybridized carbons (Fsp3) is 0.600. The van der Waals surface area contributed by atoms with E-state index >= 15 is 0 Å². The Bertz CT molecular complexity index is 439. The highest BCUT2D eigenvalue weighted by Gasteiger charge is 2.30. The van der Waals surface area contributed by atoms with Gasteiger partial charge in [0.05, 0.1) is 11.3 Å². The number of nitrogens with one attached hydrogen (secondary N) is 2. The standard InChI is InChI=1S/C15H23N3O/c1-3-9-17-13-6-10-16-11-12(13)14(19)18-15(2)7-4-5-8-15/h6,10-11H,3-5,7-9H2,1-2H3,(H,16,17)(H,18,19). The van der Waals surface area contributed by atoms with Gasteiger partial charge in [-0.15, -0.1) is 0 Å². The third-order valence-corrected chi connectivity index (χ3v) is 3.75. The van der Waals surface area contributed by atoms with E-state index in [2.05, 4.69) is 29.5 Å². The molecular weight excluding hydrogens is 238 g/mol. The third-order valence-electron chi connectivity index (χ3n) is 3.75. The molecule has 1 heterocycles. The van der Waals surface area contributed by atoms with Crippen molar-refractivity contribution in [3.8, 4) is 0 Å². The molecule has 1 amide bonds. The topological polar surface area (TPSA) is 54.0 Å². The van der Waals surface area contributed by atoms with Gasteiger partial charge in [-0.25, -0.2) is 0 Å². The van der Waals surface area contributed by atoms with Crippen LogP contribution in [0.1, 0.15) is 56.3 Å². The minimum Gasteiger partial charge on any atom is -0.384 e. The molecule has 104 valence electrons. The van der Waals surface area contributed by atoms with E-state index in [0.29, 0.717) is 5.56 Å². The van der Waals surface area contributed by atoms with Crippen LogP contribution in [-0.2, 0) is 0 Å². The Morgan fingerprint density at radius 2 is 2.16 bits per heavy atom. The fourth-order valence-electron chi connectivity index (χ4n) is 2.61. The van der Waals surface area contributed by atoms with E-state index in [1.165, 1.54) is 12.8 Å². The lowest BCUT2D eigenvalue weighted by Crippen LogP contribution is -2.43. The minimum absolute atomic E-state index is 0.0175. The molecule has 0 spiro atoms. The molecule has 0 aromatic carbocycles. The first kappa shape index (κ1) is 13.8. The molecule has 4 heteroatoms. The molecule has 4 nitrogen and oxygen atoms in total. The lowest BCUT2D eigenvalue weighted by atomic mass is 10.00. The number of pyridine rings is 1. The predicted molar refractivity (Wildman–Crippen MR) is 77.4 cm³/mol. The van der Waals surface area contributed by atoms with Crippen molar-refractivity contribution in [2.24, 2.45) is 0 Å². The molecule has 2 N–H and O–H groups in total. The van der Waals surface area contributed by atoms with E-state index in [1.54, 1.807) is 12.4 Å². The zero-order valence-corrected chi connectivity index (χ0v) is 11.8. The number of amides is 1. The molecule has 1 aromatic heterocycles. The molecule has 1 fully saturated rings. The zero-order valence-electron chi connectivity index (χ0n) is 11.8. The fourth-order valence-corrected chi connectivity index (χ4v) is 2.61. The summed E-state index contributed by atoms with van der Waals surface area (Å²) in [5.74, 6) is -0.0175. The molecule has 1 aromatic rings. The van der Waals surface area contributed by atoms with E-state index in [9.17, 15) is 4.79 Å². The van der Waals surface area contributed by atoms with Gasteiger partial charge in [0.25, 0.3) is 5.91 Å². The van der Waals surface area contributed by atoms with Gasteiger partial charge in [-0.05, 0) is 32.3 Å². The monoisotopic (exact) mass is 261 g/mol. The number of anilines is 1. The summed E-state index contributed by atoms with van der Waals surface area (Å²) in [6.45, 7) is 5.10. The number of nitrogens with zero attached hydrogens (tertiary/aromatic N) is 1. The van der Waals surface area contributed by atoms with E-state index < -0.39 is 0 Å². The Balaban J connectivity index is 2.09. The summed E-state index contributed by atoms with van der Waals surface area (Å²) >= 11 is 0.